The Labute approximate surface area is 234 Å². The molecule has 0 bridgehead atoms. The number of fused-ring (bicyclic) bond motifs is 8. The lowest BCUT2D eigenvalue weighted by Gasteiger charge is -2.37. The molecule has 40 heavy (non-hydrogen) atoms. The highest BCUT2D eigenvalue weighted by Gasteiger charge is 2.43. The van der Waals surface area contributed by atoms with Crippen LogP contribution in [0.5, 0.6) is 0 Å². The highest BCUT2D eigenvalue weighted by molar-refractivity contribution is 7.01. The van der Waals surface area contributed by atoms with E-state index in [1.165, 1.54) is 77.2 Å². The zero-order valence-electron chi connectivity index (χ0n) is 21.9. The van der Waals surface area contributed by atoms with Gasteiger partial charge in [-0.15, -0.1) is 0 Å². The Balaban J connectivity index is 1.47. The molecular weight excluding hydrogens is 481 g/mol. The fourth-order valence-corrected chi connectivity index (χ4v) is 7.15. The normalized spacial score (nSPS) is 12.9. The standard InChI is InChI=1S/C38H24BN/c1-2-11-25(12-3-1)28-23-32-31-18-8-9-19-33(31)39-34-22-21-27-14-5-7-17-30(27)38(34)40(36(24-28)37(32)39)35-20-10-15-26-13-4-6-16-29(26)35/h1-24H. The summed E-state index contributed by atoms with van der Waals surface area (Å²) in [6.07, 6.45) is 0. The highest BCUT2D eigenvalue weighted by atomic mass is 15.2. The molecule has 0 atom stereocenters. The number of hydrogen-bond acceptors (Lipinski definition) is 1. The van der Waals surface area contributed by atoms with Gasteiger partial charge in [0.25, 0.3) is 0 Å². The van der Waals surface area contributed by atoms with Crippen molar-refractivity contribution >= 4 is 61.7 Å². The van der Waals surface area contributed by atoms with Crippen molar-refractivity contribution in [2.24, 2.45) is 0 Å². The van der Waals surface area contributed by atoms with Crippen LogP contribution in [0.4, 0.5) is 17.1 Å². The van der Waals surface area contributed by atoms with Crippen LogP contribution in [-0.4, -0.2) is 6.71 Å². The largest absolute Gasteiger partial charge is 0.310 e. The molecule has 0 saturated carbocycles. The molecule has 2 aliphatic rings. The molecule has 0 fully saturated rings. The zero-order chi connectivity index (χ0) is 26.2. The van der Waals surface area contributed by atoms with Crippen LogP contribution in [0, 0.1) is 0 Å². The second-order valence-corrected chi connectivity index (χ2v) is 10.9. The molecule has 2 heteroatoms. The van der Waals surface area contributed by atoms with Crippen molar-refractivity contribution in [1.29, 1.82) is 0 Å². The smallest absolute Gasteiger partial charge is 0.248 e. The summed E-state index contributed by atoms with van der Waals surface area (Å²) in [6.45, 7) is 0.205. The molecule has 0 radical (unpaired) electrons. The Bertz CT molecular complexity index is 2120. The Hall–Kier alpha value is -5.08. The van der Waals surface area contributed by atoms with E-state index >= 15 is 0 Å². The van der Waals surface area contributed by atoms with E-state index in [0.717, 1.165) is 0 Å². The molecule has 0 unspecified atom stereocenters. The van der Waals surface area contributed by atoms with Gasteiger partial charge >= 0.3 is 0 Å². The van der Waals surface area contributed by atoms with Gasteiger partial charge in [-0.2, -0.15) is 0 Å². The van der Waals surface area contributed by atoms with Gasteiger partial charge in [-0.1, -0.05) is 133 Å². The van der Waals surface area contributed by atoms with E-state index in [0.29, 0.717) is 0 Å². The average molecular weight is 505 g/mol. The van der Waals surface area contributed by atoms with Crippen molar-refractivity contribution in [1.82, 2.24) is 0 Å². The maximum Gasteiger partial charge on any atom is 0.248 e. The third-order valence-electron chi connectivity index (χ3n) is 8.83. The summed E-state index contributed by atoms with van der Waals surface area (Å²) in [6, 6.07) is 53.7. The van der Waals surface area contributed by atoms with Gasteiger partial charge in [0, 0.05) is 22.1 Å². The number of nitrogens with zero attached hydrogens (tertiary/aromatic N) is 1. The second-order valence-electron chi connectivity index (χ2n) is 10.9. The van der Waals surface area contributed by atoms with E-state index in [4.69, 9.17) is 0 Å². The highest BCUT2D eigenvalue weighted by Crippen LogP contribution is 2.46. The van der Waals surface area contributed by atoms with E-state index in [1.807, 2.05) is 0 Å². The van der Waals surface area contributed by atoms with Crippen molar-refractivity contribution in [2.45, 2.75) is 0 Å². The van der Waals surface area contributed by atoms with Gasteiger partial charge in [0.15, 0.2) is 0 Å². The van der Waals surface area contributed by atoms with Gasteiger partial charge in [0.05, 0.1) is 5.69 Å². The molecule has 9 rings (SSSR count). The first kappa shape index (κ1) is 21.8. The van der Waals surface area contributed by atoms with Crippen LogP contribution in [-0.2, 0) is 0 Å². The molecule has 2 heterocycles. The lowest BCUT2D eigenvalue weighted by atomic mass is 9.37. The molecule has 7 aromatic carbocycles. The summed E-state index contributed by atoms with van der Waals surface area (Å²) in [5, 5.41) is 5.06. The maximum atomic E-state index is 2.56. The lowest BCUT2D eigenvalue weighted by molar-refractivity contribution is 1.33. The Morgan fingerprint density at radius 1 is 0.425 bits per heavy atom. The maximum absolute atomic E-state index is 2.56. The van der Waals surface area contributed by atoms with Crippen molar-refractivity contribution in [3.05, 3.63) is 146 Å². The van der Waals surface area contributed by atoms with Crippen LogP contribution in [0.1, 0.15) is 0 Å². The number of benzene rings is 7. The molecule has 1 nitrogen and oxygen atoms in total. The van der Waals surface area contributed by atoms with Gasteiger partial charge in [-0.3, -0.25) is 0 Å². The van der Waals surface area contributed by atoms with E-state index in [2.05, 4.69) is 150 Å². The quantitative estimate of drug-likeness (QED) is 0.216. The summed E-state index contributed by atoms with van der Waals surface area (Å²) >= 11 is 0. The number of rotatable bonds is 2. The van der Waals surface area contributed by atoms with E-state index in [1.54, 1.807) is 0 Å². The molecule has 0 amide bonds. The summed E-state index contributed by atoms with van der Waals surface area (Å²) in [5.41, 5.74) is 13.2. The third-order valence-corrected chi connectivity index (χ3v) is 8.83. The molecule has 2 aliphatic heterocycles. The summed E-state index contributed by atoms with van der Waals surface area (Å²) in [5.74, 6) is 0. The summed E-state index contributed by atoms with van der Waals surface area (Å²) in [4.78, 5) is 2.56. The minimum atomic E-state index is 0.205. The zero-order valence-corrected chi connectivity index (χ0v) is 21.9. The van der Waals surface area contributed by atoms with Gasteiger partial charge in [-0.25, -0.2) is 0 Å². The fraction of sp³-hybridized carbons (Fsp3) is 0. The summed E-state index contributed by atoms with van der Waals surface area (Å²) in [7, 11) is 0. The van der Waals surface area contributed by atoms with Crippen LogP contribution in [0.3, 0.4) is 0 Å². The first-order valence-electron chi connectivity index (χ1n) is 14.0. The molecule has 0 N–H and O–H groups in total. The van der Waals surface area contributed by atoms with Crippen LogP contribution < -0.4 is 21.3 Å². The van der Waals surface area contributed by atoms with Crippen LogP contribution in [0.25, 0.3) is 43.8 Å². The first-order valence-corrected chi connectivity index (χ1v) is 14.0. The molecule has 184 valence electrons. The van der Waals surface area contributed by atoms with Crippen molar-refractivity contribution < 1.29 is 0 Å². The topological polar surface area (TPSA) is 3.24 Å². The molecule has 7 aromatic rings. The second kappa shape index (κ2) is 8.21. The SMILES string of the molecule is c1ccc(-c2cc3c4c(c2)N(c2cccc5ccccc25)c2c(ccc5ccccc25)B4c2ccccc2-3)cc1. The Morgan fingerprint density at radius 2 is 1.12 bits per heavy atom. The third kappa shape index (κ3) is 2.94. The van der Waals surface area contributed by atoms with E-state index < -0.39 is 0 Å². The first-order chi connectivity index (χ1) is 19.9. The molecule has 0 saturated heterocycles. The van der Waals surface area contributed by atoms with Gasteiger partial charge < -0.3 is 4.90 Å². The van der Waals surface area contributed by atoms with Gasteiger partial charge in [0.2, 0.25) is 6.71 Å². The lowest BCUT2D eigenvalue weighted by Crippen LogP contribution is -2.54. The minimum Gasteiger partial charge on any atom is -0.310 e. The number of hydrogen-bond donors (Lipinski definition) is 0. The van der Waals surface area contributed by atoms with Crippen LogP contribution in [0.15, 0.2) is 146 Å². The molecule has 0 aliphatic carbocycles. The average Bonchev–Trinajstić information content (AvgIpc) is 3.36. The fourth-order valence-electron chi connectivity index (χ4n) is 7.15. The summed E-state index contributed by atoms with van der Waals surface area (Å²) < 4.78 is 0. The molecule has 0 aromatic heterocycles. The number of anilines is 3. The van der Waals surface area contributed by atoms with Crippen LogP contribution >= 0.6 is 0 Å². The van der Waals surface area contributed by atoms with Crippen molar-refractivity contribution in [3.8, 4) is 22.3 Å². The monoisotopic (exact) mass is 505 g/mol. The van der Waals surface area contributed by atoms with Crippen molar-refractivity contribution in [3.63, 3.8) is 0 Å². The molecular formula is C38H24BN. The van der Waals surface area contributed by atoms with Gasteiger partial charge in [0.1, 0.15) is 0 Å². The predicted octanol–water partition coefficient (Wildman–Crippen LogP) is 7.94. The van der Waals surface area contributed by atoms with E-state index in [9.17, 15) is 0 Å². The van der Waals surface area contributed by atoms with Crippen molar-refractivity contribution in [2.75, 3.05) is 4.90 Å². The Morgan fingerprint density at radius 3 is 2.00 bits per heavy atom. The molecule has 0 spiro atoms. The van der Waals surface area contributed by atoms with Crippen LogP contribution in [0.2, 0.25) is 0 Å². The van der Waals surface area contributed by atoms with E-state index in [-0.39, 0.29) is 6.71 Å². The minimum absolute atomic E-state index is 0.205. The predicted molar refractivity (Wildman–Crippen MR) is 172 cm³/mol. The van der Waals surface area contributed by atoms with Gasteiger partial charge in [-0.05, 0) is 62.2 Å². The Kier molecular flexibility index (Phi) is 4.48.